The summed E-state index contributed by atoms with van der Waals surface area (Å²) in [6.45, 7) is 4.24. The molecule has 0 saturated heterocycles. The number of nitrogens with two attached hydrogens (primary N) is 1. The van der Waals surface area contributed by atoms with Crippen molar-refractivity contribution >= 4 is 34.8 Å². The van der Waals surface area contributed by atoms with Crippen molar-refractivity contribution in [1.82, 2.24) is 0 Å². The summed E-state index contributed by atoms with van der Waals surface area (Å²) in [4.78, 5) is 12.3. The standard InChI is InChI=1S/C13H18Cl2N2O/c1-3-13(4-2,8-16)12(18)17-11-6-9(14)5-10(15)7-11/h5-7H,3-4,8,16H2,1-2H3,(H,17,18). The van der Waals surface area contributed by atoms with E-state index in [0.717, 1.165) is 0 Å². The zero-order valence-corrected chi connectivity index (χ0v) is 12.1. The lowest BCUT2D eigenvalue weighted by Crippen LogP contribution is -2.41. The number of anilines is 1. The summed E-state index contributed by atoms with van der Waals surface area (Å²) < 4.78 is 0. The zero-order chi connectivity index (χ0) is 13.8. The second kappa shape index (κ2) is 6.41. The molecule has 0 atom stereocenters. The summed E-state index contributed by atoms with van der Waals surface area (Å²) in [6, 6.07) is 4.95. The number of hydrogen-bond acceptors (Lipinski definition) is 2. The molecule has 0 heterocycles. The molecule has 0 radical (unpaired) electrons. The lowest BCUT2D eigenvalue weighted by molar-refractivity contribution is -0.125. The number of carbonyl (C=O) groups is 1. The Morgan fingerprint density at radius 2 is 1.72 bits per heavy atom. The van der Waals surface area contributed by atoms with E-state index in [2.05, 4.69) is 5.32 Å². The highest BCUT2D eigenvalue weighted by molar-refractivity contribution is 6.35. The van der Waals surface area contributed by atoms with E-state index in [-0.39, 0.29) is 5.91 Å². The van der Waals surface area contributed by atoms with Gasteiger partial charge in [-0.3, -0.25) is 4.79 Å². The molecule has 1 aromatic carbocycles. The average molecular weight is 289 g/mol. The molecule has 1 amide bonds. The van der Waals surface area contributed by atoms with Crippen LogP contribution >= 0.6 is 23.2 Å². The maximum absolute atomic E-state index is 12.3. The Labute approximate surface area is 118 Å². The molecule has 1 rings (SSSR count). The third-order valence-electron chi connectivity index (χ3n) is 3.35. The molecule has 3 N–H and O–H groups in total. The van der Waals surface area contributed by atoms with E-state index < -0.39 is 5.41 Å². The average Bonchev–Trinajstić information content (AvgIpc) is 2.30. The van der Waals surface area contributed by atoms with Gasteiger partial charge >= 0.3 is 0 Å². The van der Waals surface area contributed by atoms with Gasteiger partial charge in [0.25, 0.3) is 0 Å². The van der Waals surface area contributed by atoms with Gasteiger partial charge in [-0.05, 0) is 31.0 Å². The van der Waals surface area contributed by atoms with Gasteiger partial charge in [-0.25, -0.2) is 0 Å². The molecule has 0 fully saturated rings. The molecule has 18 heavy (non-hydrogen) atoms. The highest BCUT2D eigenvalue weighted by atomic mass is 35.5. The summed E-state index contributed by atoms with van der Waals surface area (Å²) >= 11 is 11.8. The SMILES string of the molecule is CCC(CC)(CN)C(=O)Nc1cc(Cl)cc(Cl)c1. The molecule has 0 saturated carbocycles. The van der Waals surface area contributed by atoms with Crippen molar-refractivity contribution in [2.45, 2.75) is 26.7 Å². The van der Waals surface area contributed by atoms with Crippen LogP contribution in [0, 0.1) is 5.41 Å². The lowest BCUT2D eigenvalue weighted by atomic mass is 9.81. The Morgan fingerprint density at radius 3 is 2.11 bits per heavy atom. The van der Waals surface area contributed by atoms with E-state index in [4.69, 9.17) is 28.9 Å². The van der Waals surface area contributed by atoms with E-state index >= 15 is 0 Å². The Kier molecular flexibility index (Phi) is 5.45. The maximum Gasteiger partial charge on any atom is 0.231 e. The molecule has 3 nitrogen and oxygen atoms in total. The van der Waals surface area contributed by atoms with Crippen LogP contribution in [0.4, 0.5) is 5.69 Å². The highest BCUT2D eigenvalue weighted by Gasteiger charge is 2.33. The third-order valence-corrected chi connectivity index (χ3v) is 3.78. The highest BCUT2D eigenvalue weighted by Crippen LogP contribution is 2.28. The number of benzene rings is 1. The first-order valence-electron chi connectivity index (χ1n) is 5.95. The topological polar surface area (TPSA) is 55.1 Å². The fourth-order valence-corrected chi connectivity index (χ4v) is 2.37. The number of amides is 1. The Bertz CT molecular complexity index is 402. The minimum absolute atomic E-state index is 0.0895. The molecule has 5 heteroatoms. The first kappa shape index (κ1) is 15.3. The van der Waals surface area contributed by atoms with Crippen LogP contribution in [0.3, 0.4) is 0 Å². The summed E-state index contributed by atoms with van der Waals surface area (Å²) in [5, 5.41) is 3.81. The monoisotopic (exact) mass is 288 g/mol. The maximum atomic E-state index is 12.3. The first-order valence-corrected chi connectivity index (χ1v) is 6.70. The Balaban J connectivity index is 2.92. The van der Waals surface area contributed by atoms with E-state index in [1.54, 1.807) is 18.2 Å². The van der Waals surface area contributed by atoms with Gasteiger partial charge in [0, 0.05) is 22.3 Å². The number of halogens is 2. The molecular weight excluding hydrogens is 271 g/mol. The van der Waals surface area contributed by atoms with Crippen LogP contribution in [0.25, 0.3) is 0 Å². The molecule has 0 aliphatic carbocycles. The summed E-state index contributed by atoms with van der Waals surface area (Å²) in [7, 11) is 0. The number of rotatable bonds is 5. The van der Waals surface area contributed by atoms with Crippen LogP contribution in [0.1, 0.15) is 26.7 Å². The van der Waals surface area contributed by atoms with Gasteiger partial charge in [0.1, 0.15) is 0 Å². The predicted molar refractivity (Wildman–Crippen MR) is 77.2 cm³/mol. The fraction of sp³-hybridized carbons (Fsp3) is 0.462. The molecule has 0 unspecified atom stereocenters. The van der Waals surface area contributed by atoms with E-state index in [0.29, 0.717) is 35.1 Å². The minimum Gasteiger partial charge on any atom is -0.329 e. The lowest BCUT2D eigenvalue weighted by Gasteiger charge is -2.28. The Hall–Kier alpha value is -0.770. The first-order chi connectivity index (χ1) is 8.47. The predicted octanol–water partition coefficient (Wildman–Crippen LogP) is 3.70. The number of hydrogen-bond donors (Lipinski definition) is 2. The second-order valence-electron chi connectivity index (χ2n) is 4.30. The molecule has 1 aromatic rings. The largest absolute Gasteiger partial charge is 0.329 e. The van der Waals surface area contributed by atoms with Crippen LogP contribution in [-0.2, 0) is 4.79 Å². The van der Waals surface area contributed by atoms with Gasteiger partial charge < -0.3 is 11.1 Å². The second-order valence-corrected chi connectivity index (χ2v) is 5.18. The van der Waals surface area contributed by atoms with Crippen molar-refractivity contribution in [2.24, 2.45) is 11.1 Å². The molecule has 0 aliphatic heterocycles. The van der Waals surface area contributed by atoms with Gasteiger partial charge in [-0.2, -0.15) is 0 Å². The van der Waals surface area contributed by atoms with Crippen molar-refractivity contribution in [3.8, 4) is 0 Å². The number of carbonyl (C=O) groups excluding carboxylic acids is 1. The summed E-state index contributed by atoms with van der Waals surface area (Å²) in [6.07, 6.45) is 1.39. The van der Waals surface area contributed by atoms with Gasteiger partial charge in [0.15, 0.2) is 0 Å². The van der Waals surface area contributed by atoms with Crippen molar-refractivity contribution < 1.29 is 4.79 Å². The van der Waals surface area contributed by atoms with Crippen LogP contribution < -0.4 is 11.1 Å². The normalized spacial score (nSPS) is 11.4. The van der Waals surface area contributed by atoms with Crippen molar-refractivity contribution in [3.05, 3.63) is 28.2 Å². The van der Waals surface area contributed by atoms with Crippen molar-refractivity contribution in [3.63, 3.8) is 0 Å². The van der Waals surface area contributed by atoms with Gasteiger partial charge in [-0.1, -0.05) is 37.0 Å². The van der Waals surface area contributed by atoms with E-state index in [1.165, 1.54) is 0 Å². The zero-order valence-electron chi connectivity index (χ0n) is 10.6. The molecule has 100 valence electrons. The van der Waals surface area contributed by atoms with Crippen molar-refractivity contribution in [1.29, 1.82) is 0 Å². The van der Waals surface area contributed by atoms with Crippen molar-refractivity contribution in [2.75, 3.05) is 11.9 Å². The minimum atomic E-state index is -0.533. The Morgan fingerprint density at radius 1 is 1.22 bits per heavy atom. The van der Waals surface area contributed by atoms with Crippen LogP contribution in [0.15, 0.2) is 18.2 Å². The third kappa shape index (κ3) is 3.37. The number of nitrogens with one attached hydrogen (secondary N) is 1. The quantitative estimate of drug-likeness (QED) is 0.868. The molecule has 0 spiro atoms. The fourth-order valence-electron chi connectivity index (χ4n) is 1.84. The molecular formula is C13H18Cl2N2O. The summed E-state index contributed by atoms with van der Waals surface area (Å²) in [5.41, 5.74) is 5.79. The molecule has 0 bridgehead atoms. The van der Waals surface area contributed by atoms with Gasteiger partial charge in [-0.15, -0.1) is 0 Å². The summed E-state index contributed by atoms with van der Waals surface area (Å²) in [5.74, 6) is -0.0895. The van der Waals surface area contributed by atoms with Crippen LogP contribution in [0.5, 0.6) is 0 Å². The molecule has 0 aliphatic rings. The van der Waals surface area contributed by atoms with Gasteiger partial charge in [0.2, 0.25) is 5.91 Å². The van der Waals surface area contributed by atoms with E-state index in [9.17, 15) is 4.79 Å². The smallest absolute Gasteiger partial charge is 0.231 e. The van der Waals surface area contributed by atoms with Crippen LogP contribution in [-0.4, -0.2) is 12.5 Å². The van der Waals surface area contributed by atoms with Gasteiger partial charge in [0.05, 0.1) is 5.41 Å². The van der Waals surface area contributed by atoms with Crippen LogP contribution in [0.2, 0.25) is 10.0 Å². The van der Waals surface area contributed by atoms with E-state index in [1.807, 2.05) is 13.8 Å². The molecule has 0 aromatic heterocycles.